The van der Waals surface area contributed by atoms with E-state index in [1.165, 1.54) is 0 Å². The maximum atomic E-state index is 12.2. The highest BCUT2D eigenvalue weighted by Gasteiger charge is 2.20. The predicted octanol–water partition coefficient (Wildman–Crippen LogP) is 2.88. The Hall–Kier alpha value is -2.10. The first-order valence-electron chi connectivity index (χ1n) is 7.11. The molecule has 2 aromatic rings. The molecule has 4 heteroatoms. The number of nitrogens with zero attached hydrogens (tertiary/aromatic N) is 2. The number of nitrogens with one attached hydrogen (secondary N) is 1. The normalized spacial score (nSPS) is 10.6. The standard InChI is InChI=1S/C16H21N3O/c1-4-9-14-15(16(20)17-5-2)12(3)19(18-14)13-10-7-6-8-11-13/h6-8,10-11H,4-5,9H2,1-3H3,(H,17,20). The van der Waals surface area contributed by atoms with E-state index in [9.17, 15) is 4.79 Å². The van der Waals surface area contributed by atoms with Gasteiger partial charge in [0.05, 0.1) is 22.6 Å². The smallest absolute Gasteiger partial charge is 0.255 e. The Morgan fingerprint density at radius 1 is 1.25 bits per heavy atom. The maximum Gasteiger partial charge on any atom is 0.255 e. The molecule has 0 aliphatic carbocycles. The number of rotatable bonds is 5. The number of benzene rings is 1. The van der Waals surface area contributed by atoms with E-state index in [0.717, 1.165) is 35.5 Å². The third kappa shape index (κ3) is 2.74. The third-order valence-corrected chi connectivity index (χ3v) is 3.24. The first-order valence-corrected chi connectivity index (χ1v) is 7.11. The van der Waals surface area contributed by atoms with E-state index in [1.807, 2.05) is 48.9 Å². The molecule has 1 aromatic heterocycles. The molecular weight excluding hydrogens is 250 g/mol. The Kier molecular flexibility index (Phi) is 4.56. The van der Waals surface area contributed by atoms with Gasteiger partial charge in [-0.15, -0.1) is 0 Å². The number of hydrogen-bond acceptors (Lipinski definition) is 2. The Bertz CT molecular complexity index is 587. The molecule has 20 heavy (non-hydrogen) atoms. The molecule has 1 amide bonds. The van der Waals surface area contributed by atoms with Crippen molar-refractivity contribution in [3.8, 4) is 5.69 Å². The van der Waals surface area contributed by atoms with Crippen molar-refractivity contribution in [2.24, 2.45) is 0 Å². The Morgan fingerprint density at radius 2 is 1.95 bits per heavy atom. The molecule has 4 nitrogen and oxygen atoms in total. The summed E-state index contributed by atoms with van der Waals surface area (Å²) >= 11 is 0. The first kappa shape index (κ1) is 14.3. The molecular formula is C16H21N3O. The van der Waals surface area contributed by atoms with E-state index in [0.29, 0.717) is 6.54 Å². The fraction of sp³-hybridized carbons (Fsp3) is 0.375. The van der Waals surface area contributed by atoms with Crippen LogP contribution in [0.25, 0.3) is 5.69 Å². The number of amides is 1. The van der Waals surface area contributed by atoms with Crippen LogP contribution in [0.5, 0.6) is 0 Å². The van der Waals surface area contributed by atoms with Crippen molar-refractivity contribution >= 4 is 5.91 Å². The molecule has 0 spiro atoms. The SMILES string of the molecule is CCCc1nn(-c2ccccc2)c(C)c1C(=O)NCC. The quantitative estimate of drug-likeness (QED) is 0.909. The summed E-state index contributed by atoms with van der Waals surface area (Å²) in [5, 5.41) is 7.50. The molecule has 1 aromatic carbocycles. The predicted molar refractivity (Wildman–Crippen MR) is 80.3 cm³/mol. The molecule has 0 aliphatic rings. The van der Waals surface area contributed by atoms with Gasteiger partial charge in [-0.25, -0.2) is 4.68 Å². The van der Waals surface area contributed by atoms with Crippen molar-refractivity contribution < 1.29 is 4.79 Å². The lowest BCUT2D eigenvalue weighted by Gasteiger charge is -2.05. The fourth-order valence-electron chi connectivity index (χ4n) is 2.34. The summed E-state index contributed by atoms with van der Waals surface area (Å²) < 4.78 is 1.86. The van der Waals surface area contributed by atoms with Crippen LogP contribution >= 0.6 is 0 Å². The molecule has 1 N–H and O–H groups in total. The van der Waals surface area contributed by atoms with Crippen LogP contribution in [-0.4, -0.2) is 22.2 Å². The van der Waals surface area contributed by atoms with Crippen LogP contribution in [0.1, 0.15) is 42.0 Å². The van der Waals surface area contributed by atoms with Gasteiger partial charge in [-0.2, -0.15) is 5.10 Å². The molecule has 1 heterocycles. The van der Waals surface area contributed by atoms with Crippen LogP contribution in [0.2, 0.25) is 0 Å². The molecule has 0 fully saturated rings. The summed E-state index contributed by atoms with van der Waals surface area (Å²) in [4.78, 5) is 12.2. The summed E-state index contributed by atoms with van der Waals surface area (Å²) in [5.41, 5.74) is 3.47. The molecule has 0 saturated heterocycles. The van der Waals surface area contributed by atoms with Gasteiger partial charge in [0.1, 0.15) is 0 Å². The molecule has 0 saturated carbocycles. The molecule has 0 atom stereocenters. The van der Waals surface area contributed by atoms with Crippen molar-refractivity contribution in [1.29, 1.82) is 0 Å². The van der Waals surface area contributed by atoms with Gasteiger partial charge in [-0.05, 0) is 32.4 Å². The van der Waals surface area contributed by atoms with Crippen LogP contribution in [-0.2, 0) is 6.42 Å². The number of hydrogen-bond donors (Lipinski definition) is 1. The van der Waals surface area contributed by atoms with Crippen molar-refractivity contribution in [1.82, 2.24) is 15.1 Å². The van der Waals surface area contributed by atoms with Crippen LogP contribution in [0.3, 0.4) is 0 Å². The van der Waals surface area contributed by atoms with Gasteiger partial charge in [0.15, 0.2) is 0 Å². The number of carbonyl (C=O) groups is 1. The molecule has 0 bridgehead atoms. The Balaban J connectivity index is 2.50. The Morgan fingerprint density at radius 3 is 2.55 bits per heavy atom. The van der Waals surface area contributed by atoms with E-state index in [4.69, 9.17) is 0 Å². The molecule has 106 valence electrons. The lowest BCUT2D eigenvalue weighted by molar-refractivity contribution is 0.0954. The van der Waals surface area contributed by atoms with Gasteiger partial charge < -0.3 is 5.32 Å². The zero-order valence-electron chi connectivity index (χ0n) is 12.3. The van der Waals surface area contributed by atoms with Gasteiger partial charge >= 0.3 is 0 Å². The minimum atomic E-state index is -0.0318. The summed E-state index contributed by atoms with van der Waals surface area (Å²) in [5.74, 6) is -0.0318. The summed E-state index contributed by atoms with van der Waals surface area (Å²) in [6.07, 6.45) is 1.78. The maximum absolute atomic E-state index is 12.2. The van der Waals surface area contributed by atoms with Gasteiger partial charge in [0.25, 0.3) is 5.91 Å². The number of carbonyl (C=O) groups excluding carboxylic acids is 1. The van der Waals surface area contributed by atoms with E-state index >= 15 is 0 Å². The number of para-hydroxylation sites is 1. The monoisotopic (exact) mass is 271 g/mol. The van der Waals surface area contributed by atoms with E-state index in [2.05, 4.69) is 17.3 Å². The van der Waals surface area contributed by atoms with Crippen molar-refractivity contribution in [2.45, 2.75) is 33.6 Å². The lowest BCUT2D eigenvalue weighted by Crippen LogP contribution is -2.24. The molecule has 0 aliphatic heterocycles. The van der Waals surface area contributed by atoms with Gasteiger partial charge in [0, 0.05) is 6.54 Å². The number of aryl methyl sites for hydroxylation is 1. The summed E-state index contributed by atoms with van der Waals surface area (Å²) in [6.45, 7) is 6.59. The highest BCUT2D eigenvalue weighted by atomic mass is 16.1. The van der Waals surface area contributed by atoms with Crippen molar-refractivity contribution in [2.75, 3.05) is 6.54 Å². The lowest BCUT2D eigenvalue weighted by atomic mass is 10.1. The number of aromatic nitrogens is 2. The topological polar surface area (TPSA) is 46.9 Å². The summed E-state index contributed by atoms with van der Waals surface area (Å²) in [6, 6.07) is 9.91. The van der Waals surface area contributed by atoms with Crippen molar-refractivity contribution in [3.05, 3.63) is 47.3 Å². The minimum absolute atomic E-state index is 0.0318. The fourth-order valence-corrected chi connectivity index (χ4v) is 2.34. The first-order chi connectivity index (χ1) is 9.69. The zero-order valence-corrected chi connectivity index (χ0v) is 12.3. The van der Waals surface area contributed by atoms with Crippen LogP contribution in [0, 0.1) is 6.92 Å². The third-order valence-electron chi connectivity index (χ3n) is 3.24. The molecule has 0 radical (unpaired) electrons. The highest BCUT2D eigenvalue weighted by molar-refractivity contribution is 5.96. The van der Waals surface area contributed by atoms with Gasteiger partial charge in [-0.3, -0.25) is 4.79 Å². The minimum Gasteiger partial charge on any atom is -0.352 e. The van der Waals surface area contributed by atoms with Crippen LogP contribution in [0.15, 0.2) is 30.3 Å². The molecule has 2 rings (SSSR count). The zero-order chi connectivity index (χ0) is 14.5. The summed E-state index contributed by atoms with van der Waals surface area (Å²) in [7, 11) is 0. The van der Waals surface area contributed by atoms with Gasteiger partial charge in [0.2, 0.25) is 0 Å². The van der Waals surface area contributed by atoms with E-state index in [1.54, 1.807) is 0 Å². The average Bonchev–Trinajstić information content (AvgIpc) is 2.77. The Labute approximate surface area is 119 Å². The van der Waals surface area contributed by atoms with E-state index < -0.39 is 0 Å². The largest absolute Gasteiger partial charge is 0.352 e. The van der Waals surface area contributed by atoms with Gasteiger partial charge in [-0.1, -0.05) is 31.5 Å². The average molecular weight is 271 g/mol. The highest BCUT2D eigenvalue weighted by Crippen LogP contribution is 2.19. The van der Waals surface area contributed by atoms with Crippen molar-refractivity contribution in [3.63, 3.8) is 0 Å². The second kappa shape index (κ2) is 6.37. The second-order valence-electron chi connectivity index (χ2n) is 4.76. The second-order valence-corrected chi connectivity index (χ2v) is 4.76. The van der Waals surface area contributed by atoms with Crippen LogP contribution < -0.4 is 5.32 Å². The van der Waals surface area contributed by atoms with E-state index in [-0.39, 0.29) is 5.91 Å². The molecule has 0 unspecified atom stereocenters. The van der Waals surface area contributed by atoms with Crippen LogP contribution in [0.4, 0.5) is 0 Å².